The fraction of sp³-hybridized carbons (Fsp3) is 0.417. The minimum absolute atomic E-state index is 0.153. The lowest BCUT2D eigenvalue weighted by molar-refractivity contribution is 0.0944. The lowest BCUT2D eigenvalue weighted by atomic mass is 10.1. The Hall–Kier alpha value is -2.84. The van der Waals surface area contributed by atoms with E-state index < -0.39 is 0 Å². The maximum atomic E-state index is 12.6. The first-order valence-electron chi connectivity index (χ1n) is 10.8. The van der Waals surface area contributed by atoms with Gasteiger partial charge in [-0.25, -0.2) is 4.98 Å². The Morgan fingerprint density at radius 2 is 1.91 bits per heavy atom. The molecule has 0 unspecified atom stereocenters. The van der Waals surface area contributed by atoms with Crippen molar-refractivity contribution in [3.8, 4) is 11.5 Å². The number of methoxy groups -OCH3 is 2. The average Bonchev–Trinajstić information content (AvgIpc) is 3.23. The number of anilines is 1. The van der Waals surface area contributed by atoms with Crippen molar-refractivity contribution >= 4 is 32.6 Å². The maximum absolute atomic E-state index is 12.6. The number of carbonyl (C=O) groups excluding carboxylic acids is 1. The second-order valence-corrected chi connectivity index (χ2v) is 9.06. The quantitative estimate of drug-likeness (QED) is 0.590. The predicted octanol–water partition coefficient (Wildman–Crippen LogP) is 3.48. The van der Waals surface area contributed by atoms with Crippen LogP contribution in [0.4, 0.5) is 5.13 Å². The maximum Gasteiger partial charge on any atom is 0.255 e. The van der Waals surface area contributed by atoms with Crippen LogP contribution in [0.2, 0.25) is 0 Å². The van der Waals surface area contributed by atoms with Gasteiger partial charge in [-0.15, -0.1) is 0 Å². The molecule has 1 N–H and O–H groups in total. The molecule has 1 saturated heterocycles. The summed E-state index contributed by atoms with van der Waals surface area (Å²) in [5, 5.41) is 4.11. The normalized spacial score (nSPS) is 14.6. The number of nitrogens with zero attached hydrogens (tertiary/aromatic N) is 3. The summed E-state index contributed by atoms with van der Waals surface area (Å²) < 4.78 is 11.9. The van der Waals surface area contributed by atoms with Crippen LogP contribution in [0.25, 0.3) is 10.2 Å². The van der Waals surface area contributed by atoms with Crippen LogP contribution >= 0.6 is 11.3 Å². The number of amides is 1. The van der Waals surface area contributed by atoms with Crippen LogP contribution in [0.5, 0.6) is 11.5 Å². The van der Waals surface area contributed by atoms with E-state index in [9.17, 15) is 4.79 Å². The number of benzene rings is 2. The number of para-hydroxylation sites is 1. The smallest absolute Gasteiger partial charge is 0.255 e. The fourth-order valence-corrected chi connectivity index (χ4v) is 5.34. The average molecular weight is 455 g/mol. The molecule has 7 nitrogen and oxygen atoms in total. The zero-order valence-electron chi connectivity index (χ0n) is 19.1. The summed E-state index contributed by atoms with van der Waals surface area (Å²) in [6, 6.07) is 9.74. The number of thiazole rings is 1. The Kier molecular flexibility index (Phi) is 6.81. The third-order valence-corrected chi connectivity index (χ3v) is 6.89. The molecule has 1 fully saturated rings. The van der Waals surface area contributed by atoms with Gasteiger partial charge in [0.05, 0.1) is 30.0 Å². The molecule has 1 aliphatic rings. The SMILES string of the molecule is COc1cccc(C(=O)NCCN2CCN(c3nc4c(C)cc(C)cc4s3)CC2)c1OC. The van der Waals surface area contributed by atoms with Gasteiger partial charge in [-0.2, -0.15) is 0 Å². The molecule has 0 radical (unpaired) electrons. The largest absolute Gasteiger partial charge is 0.493 e. The molecular weight excluding hydrogens is 424 g/mol. The molecule has 4 rings (SSSR count). The number of piperazine rings is 1. The molecule has 0 saturated carbocycles. The second kappa shape index (κ2) is 9.75. The Labute approximate surface area is 192 Å². The zero-order chi connectivity index (χ0) is 22.7. The van der Waals surface area contributed by atoms with Gasteiger partial charge in [0.1, 0.15) is 0 Å². The Balaban J connectivity index is 1.29. The Morgan fingerprint density at radius 3 is 2.62 bits per heavy atom. The van der Waals surface area contributed by atoms with Crippen LogP contribution in [0.3, 0.4) is 0 Å². The first kappa shape index (κ1) is 22.4. The van der Waals surface area contributed by atoms with Crippen LogP contribution in [0.1, 0.15) is 21.5 Å². The molecule has 8 heteroatoms. The lowest BCUT2D eigenvalue weighted by Gasteiger charge is -2.34. The van der Waals surface area contributed by atoms with E-state index in [1.54, 1.807) is 43.8 Å². The Morgan fingerprint density at radius 1 is 1.12 bits per heavy atom. The summed E-state index contributed by atoms with van der Waals surface area (Å²) in [6.45, 7) is 9.44. The number of nitrogens with one attached hydrogen (secondary N) is 1. The molecule has 2 heterocycles. The van der Waals surface area contributed by atoms with E-state index in [-0.39, 0.29) is 5.91 Å². The molecule has 1 amide bonds. The monoisotopic (exact) mass is 454 g/mol. The van der Waals surface area contributed by atoms with Crippen molar-refractivity contribution < 1.29 is 14.3 Å². The minimum Gasteiger partial charge on any atom is -0.493 e. The molecule has 1 aromatic heterocycles. The molecule has 3 aromatic rings. The third-order valence-electron chi connectivity index (χ3n) is 5.82. The van der Waals surface area contributed by atoms with Gasteiger partial charge in [0.25, 0.3) is 5.91 Å². The number of fused-ring (bicyclic) bond motifs is 1. The summed E-state index contributed by atoms with van der Waals surface area (Å²) in [6.07, 6.45) is 0. The molecule has 0 spiro atoms. The molecule has 0 bridgehead atoms. The summed E-state index contributed by atoms with van der Waals surface area (Å²) in [4.78, 5) is 22.3. The van der Waals surface area contributed by atoms with Crippen molar-refractivity contribution in [2.24, 2.45) is 0 Å². The summed E-state index contributed by atoms with van der Waals surface area (Å²) in [7, 11) is 3.11. The van der Waals surface area contributed by atoms with Crippen molar-refractivity contribution in [2.75, 3.05) is 58.4 Å². The highest BCUT2D eigenvalue weighted by atomic mass is 32.1. The summed E-state index contributed by atoms with van der Waals surface area (Å²) >= 11 is 1.78. The van der Waals surface area contributed by atoms with Crippen LogP contribution < -0.4 is 19.7 Å². The van der Waals surface area contributed by atoms with Crippen LogP contribution in [0, 0.1) is 13.8 Å². The third kappa shape index (κ3) is 4.66. The lowest BCUT2D eigenvalue weighted by Crippen LogP contribution is -2.48. The first-order chi connectivity index (χ1) is 15.5. The van der Waals surface area contributed by atoms with Crippen molar-refractivity contribution in [3.63, 3.8) is 0 Å². The van der Waals surface area contributed by atoms with E-state index in [1.807, 2.05) is 0 Å². The van der Waals surface area contributed by atoms with Gasteiger partial charge in [-0.05, 0) is 43.2 Å². The standard InChI is InChI=1S/C24H30N4O3S/c1-16-14-17(2)21-20(15-16)32-24(26-21)28-12-10-27(11-13-28)9-8-25-23(29)18-6-5-7-19(30-3)22(18)31-4/h5-7,14-15H,8-13H2,1-4H3,(H,25,29). The summed E-state index contributed by atoms with van der Waals surface area (Å²) in [5.41, 5.74) is 4.12. The molecule has 0 aliphatic carbocycles. The molecule has 1 aliphatic heterocycles. The van der Waals surface area contributed by atoms with E-state index in [4.69, 9.17) is 14.5 Å². The Bertz CT molecular complexity index is 1110. The molecule has 170 valence electrons. The van der Waals surface area contributed by atoms with Crippen molar-refractivity contribution in [3.05, 3.63) is 47.0 Å². The van der Waals surface area contributed by atoms with Crippen LogP contribution in [-0.2, 0) is 0 Å². The molecule has 0 atom stereocenters. The first-order valence-corrected chi connectivity index (χ1v) is 11.7. The van der Waals surface area contributed by atoms with Gasteiger partial charge in [0.15, 0.2) is 16.6 Å². The van der Waals surface area contributed by atoms with E-state index in [0.717, 1.165) is 43.4 Å². The van der Waals surface area contributed by atoms with E-state index in [1.165, 1.54) is 15.8 Å². The fourth-order valence-electron chi connectivity index (χ4n) is 4.15. The highest BCUT2D eigenvalue weighted by Crippen LogP contribution is 2.32. The molecular formula is C24H30N4O3S. The van der Waals surface area contributed by atoms with Gasteiger partial charge in [-0.3, -0.25) is 9.69 Å². The van der Waals surface area contributed by atoms with Crippen molar-refractivity contribution in [2.45, 2.75) is 13.8 Å². The van der Waals surface area contributed by atoms with E-state index in [2.05, 4.69) is 41.1 Å². The van der Waals surface area contributed by atoms with Gasteiger partial charge in [-0.1, -0.05) is 23.5 Å². The predicted molar refractivity (Wildman–Crippen MR) is 130 cm³/mol. The number of hydrogen-bond acceptors (Lipinski definition) is 7. The number of aromatic nitrogens is 1. The number of ether oxygens (including phenoxy) is 2. The molecule has 2 aromatic carbocycles. The summed E-state index contributed by atoms with van der Waals surface area (Å²) in [5.74, 6) is 0.860. The zero-order valence-corrected chi connectivity index (χ0v) is 19.9. The van der Waals surface area contributed by atoms with Crippen LogP contribution in [0.15, 0.2) is 30.3 Å². The van der Waals surface area contributed by atoms with Crippen LogP contribution in [-0.4, -0.2) is 69.3 Å². The van der Waals surface area contributed by atoms with E-state index >= 15 is 0 Å². The minimum atomic E-state index is -0.153. The van der Waals surface area contributed by atoms with Crippen molar-refractivity contribution in [1.82, 2.24) is 15.2 Å². The molecule has 32 heavy (non-hydrogen) atoms. The van der Waals surface area contributed by atoms with Gasteiger partial charge in [0, 0.05) is 39.3 Å². The number of rotatable bonds is 7. The number of carbonyl (C=O) groups is 1. The number of hydrogen-bond donors (Lipinski definition) is 1. The topological polar surface area (TPSA) is 66.9 Å². The highest BCUT2D eigenvalue weighted by Gasteiger charge is 2.21. The van der Waals surface area contributed by atoms with Gasteiger partial charge < -0.3 is 19.7 Å². The van der Waals surface area contributed by atoms with Crippen molar-refractivity contribution in [1.29, 1.82) is 0 Å². The number of aryl methyl sites for hydroxylation is 2. The highest BCUT2D eigenvalue weighted by molar-refractivity contribution is 7.22. The second-order valence-electron chi connectivity index (χ2n) is 8.05. The van der Waals surface area contributed by atoms with Gasteiger partial charge >= 0.3 is 0 Å². The van der Waals surface area contributed by atoms with Gasteiger partial charge in [0.2, 0.25) is 0 Å². The van der Waals surface area contributed by atoms with E-state index in [0.29, 0.717) is 23.6 Å².